The van der Waals surface area contributed by atoms with Crippen LogP contribution >= 0.6 is 0 Å². The topological polar surface area (TPSA) is 90.3 Å². The minimum absolute atomic E-state index is 0.137. The van der Waals surface area contributed by atoms with Gasteiger partial charge in [0, 0.05) is 17.4 Å². The number of benzene rings is 1. The van der Waals surface area contributed by atoms with Crippen molar-refractivity contribution in [1.82, 2.24) is 4.57 Å². The van der Waals surface area contributed by atoms with E-state index >= 15 is 0 Å². The Morgan fingerprint density at radius 2 is 1.80 bits per heavy atom. The maximum Gasteiger partial charge on any atom is 0.357 e. The zero-order valence-corrected chi connectivity index (χ0v) is 17.5. The number of nitrogens with two attached hydrogens (primary N) is 1. The highest BCUT2D eigenvalue weighted by Crippen LogP contribution is 2.62. The molecule has 6 rings (SSSR count). The average Bonchev–Trinajstić information content (AvgIpc) is 3.08. The fourth-order valence-corrected chi connectivity index (χ4v) is 6.82. The van der Waals surface area contributed by atoms with Gasteiger partial charge < -0.3 is 19.8 Å². The fraction of sp³-hybridized carbons (Fsp3) is 0.500. The first-order chi connectivity index (χ1) is 14.5. The first-order valence-corrected chi connectivity index (χ1v) is 10.7. The Kier molecular flexibility index (Phi) is 4.32. The smallest absolute Gasteiger partial charge is 0.357 e. The summed E-state index contributed by atoms with van der Waals surface area (Å²) in [6.07, 6.45) is 9.35. The Morgan fingerprint density at radius 3 is 2.33 bits per heavy atom. The molecule has 1 heterocycles. The van der Waals surface area contributed by atoms with E-state index in [-0.39, 0.29) is 22.4 Å². The molecule has 4 saturated carbocycles. The van der Waals surface area contributed by atoms with Gasteiger partial charge in [-0.1, -0.05) is 0 Å². The predicted octanol–water partition coefficient (Wildman–Crippen LogP) is 4.19. The van der Waals surface area contributed by atoms with Gasteiger partial charge in [-0.3, -0.25) is 0 Å². The van der Waals surface area contributed by atoms with E-state index in [1.165, 1.54) is 51.2 Å². The largest absolute Gasteiger partial charge is 0.496 e. The number of carbonyl (C=O) groups excluding carboxylic acids is 1. The molecule has 2 aromatic rings. The lowest BCUT2D eigenvalue weighted by Gasteiger charge is -2.57. The first kappa shape index (κ1) is 19.0. The summed E-state index contributed by atoms with van der Waals surface area (Å²) in [5, 5.41) is 9.43. The van der Waals surface area contributed by atoms with E-state index in [9.17, 15) is 10.1 Å². The van der Waals surface area contributed by atoms with E-state index in [0.29, 0.717) is 0 Å². The van der Waals surface area contributed by atoms with Crippen molar-refractivity contribution in [3.63, 3.8) is 0 Å². The minimum atomic E-state index is -0.554. The van der Waals surface area contributed by atoms with Crippen LogP contribution in [0.5, 0.6) is 5.75 Å². The number of nitrogens with zero attached hydrogens (tertiary/aromatic N) is 2. The van der Waals surface area contributed by atoms with E-state index in [1.807, 2.05) is 12.1 Å². The van der Waals surface area contributed by atoms with Crippen molar-refractivity contribution >= 4 is 11.7 Å². The molecule has 30 heavy (non-hydrogen) atoms. The van der Waals surface area contributed by atoms with Crippen molar-refractivity contribution in [2.45, 2.75) is 43.9 Å². The minimum Gasteiger partial charge on any atom is -0.496 e. The third-order valence-electron chi connectivity index (χ3n) is 7.61. The molecule has 6 nitrogen and oxygen atoms in total. The average molecular weight is 405 g/mol. The number of aromatic nitrogens is 1. The van der Waals surface area contributed by atoms with E-state index in [4.69, 9.17) is 15.2 Å². The summed E-state index contributed by atoms with van der Waals surface area (Å²) in [6.45, 7) is 0. The lowest BCUT2D eigenvalue weighted by Crippen LogP contribution is -2.48. The molecular weight excluding hydrogens is 378 g/mol. The highest BCUT2D eigenvalue weighted by atomic mass is 16.5. The van der Waals surface area contributed by atoms with E-state index in [2.05, 4.69) is 12.1 Å². The molecule has 4 fully saturated rings. The summed E-state index contributed by atoms with van der Waals surface area (Å²) in [5.74, 6) is 2.77. The summed E-state index contributed by atoms with van der Waals surface area (Å²) in [5.41, 5.74) is 8.87. The zero-order valence-electron chi connectivity index (χ0n) is 17.5. The van der Waals surface area contributed by atoms with Crippen LogP contribution in [0.25, 0.3) is 5.69 Å². The van der Waals surface area contributed by atoms with Gasteiger partial charge in [0.25, 0.3) is 0 Å². The maximum absolute atomic E-state index is 12.4. The summed E-state index contributed by atoms with van der Waals surface area (Å²) < 4.78 is 12.4. The summed E-state index contributed by atoms with van der Waals surface area (Å²) in [7, 11) is 3.04. The number of anilines is 1. The summed E-state index contributed by atoms with van der Waals surface area (Å²) >= 11 is 0. The molecule has 0 radical (unpaired) electrons. The Hall–Kier alpha value is -2.94. The fourth-order valence-electron chi connectivity index (χ4n) is 6.82. The van der Waals surface area contributed by atoms with Gasteiger partial charge in [0.15, 0.2) is 5.69 Å². The highest BCUT2D eigenvalue weighted by Gasteiger charge is 2.52. The van der Waals surface area contributed by atoms with Crippen molar-refractivity contribution in [1.29, 1.82) is 5.26 Å². The Labute approximate surface area is 176 Å². The van der Waals surface area contributed by atoms with Crippen LogP contribution in [0.1, 0.15) is 60.1 Å². The predicted molar refractivity (Wildman–Crippen MR) is 113 cm³/mol. The number of hydrogen-bond donors (Lipinski definition) is 1. The first-order valence-electron chi connectivity index (χ1n) is 10.7. The lowest BCUT2D eigenvalue weighted by molar-refractivity contribution is -0.00615. The quantitative estimate of drug-likeness (QED) is 0.770. The second kappa shape index (κ2) is 6.80. The van der Waals surface area contributed by atoms with Gasteiger partial charge >= 0.3 is 5.97 Å². The molecule has 0 atom stereocenters. The van der Waals surface area contributed by atoms with Crippen LogP contribution in [-0.2, 0) is 10.2 Å². The number of ether oxygens (including phenoxy) is 2. The van der Waals surface area contributed by atoms with Gasteiger partial charge in [0.2, 0.25) is 0 Å². The molecule has 1 aromatic carbocycles. The monoisotopic (exact) mass is 405 g/mol. The van der Waals surface area contributed by atoms with E-state index < -0.39 is 5.97 Å². The number of methoxy groups -OCH3 is 2. The number of nitrogen functional groups attached to an aromatic ring is 1. The van der Waals surface area contributed by atoms with Crippen molar-refractivity contribution in [3.8, 4) is 17.5 Å². The second-order valence-electron chi connectivity index (χ2n) is 9.36. The van der Waals surface area contributed by atoms with Gasteiger partial charge in [0.05, 0.1) is 25.5 Å². The van der Waals surface area contributed by atoms with Gasteiger partial charge in [-0.05, 0) is 79.9 Å². The van der Waals surface area contributed by atoms with Crippen LogP contribution in [0.4, 0.5) is 5.69 Å². The van der Waals surface area contributed by atoms with Gasteiger partial charge in [-0.25, -0.2) is 4.79 Å². The van der Waals surface area contributed by atoms with Crippen LogP contribution in [0, 0.1) is 29.1 Å². The van der Waals surface area contributed by atoms with Crippen LogP contribution in [0.2, 0.25) is 0 Å². The Bertz CT molecular complexity index is 1030. The third-order valence-corrected chi connectivity index (χ3v) is 7.61. The highest BCUT2D eigenvalue weighted by molar-refractivity contribution is 5.96. The van der Waals surface area contributed by atoms with Crippen LogP contribution < -0.4 is 10.5 Å². The van der Waals surface area contributed by atoms with E-state index in [1.54, 1.807) is 17.9 Å². The molecule has 0 aliphatic heterocycles. The van der Waals surface area contributed by atoms with Gasteiger partial charge in [-0.2, -0.15) is 5.26 Å². The van der Waals surface area contributed by atoms with Crippen LogP contribution in [0.3, 0.4) is 0 Å². The molecule has 0 saturated heterocycles. The number of hydrogen-bond acceptors (Lipinski definition) is 5. The molecule has 4 aliphatic carbocycles. The van der Waals surface area contributed by atoms with E-state index in [0.717, 1.165) is 29.2 Å². The SMILES string of the molecule is COC(=O)c1c(N)c(C#N)cn1-c1ccc(OC)c(C23CC4CC(CC(C4)C2)C3)c1. The number of carbonyl (C=O) groups is 1. The number of rotatable bonds is 4. The standard InChI is InChI=1S/C24H27N3O3/c1-29-20-4-3-18(27-13-17(12-25)21(26)22(27)23(28)30-2)8-19(20)24-9-14-5-15(10-24)7-16(6-14)11-24/h3-4,8,13-16H,5-7,9-11,26H2,1-2H3. The van der Waals surface area contributed by atoms with Gasteiger partial charge in [-0.15, -0.1) is 0 Å². The number of esters is 1. The number of nitriles is 1. The molecular formula is C24H27N3O3. The molecule has 0 spiro atoms. The van der Waals surface area contributed by atoms with Crippen molar-refractivity contribution in [2.24, 2.45) is 17.8 Å². The molecule has 1 aromatic heterocycles. The molecule has 4 bridgehead atoms. The third kappa shape index (κ3) is 2.72. The Balaban J connectivity index is 1.65. The van der Waals surface area contributed by atoms with Crippen molar-refractivity contribution in [3.05, 3.63) is 41.2 Å². The lowest BCUT2D eigenvalue weighted by atomic mass is 9.48. The molecule has 6 heteroatoms. The zero-order chi connectivity index (χ0) is 21.0. The van der Waals surface area contributed by atoms with Gasteiger partial charge in [0.1, 0.15) is 11.8 Å². The molecule has 2 N–H and O–H groups in total. The second-order valence-corrected chi connectivity index (χ2v) is 9.36. The molecule has 4 aliphatic rings. The Morgan fingerprint density at radius 1 is 1.17 bits per heavy atom. The summed E-state index contributed by atoms with van der Waals surface area (Å²) in [4.78, 5) is 12.4. The van der Waals surface area contributed by atoms with Crippen LogP contribution in [-0.4, -0.2) is 24.8 Å². The van der Waals surface area contributed by atoms with Crippen LogP contribution in [0.15, 0.2) is 24.4 Å². The molecule has 0 unspecified atom stereocenters. The summed E-state index contributed by atoms with van der Waals surface area (Å²) in [6, 6.07) is 8.10. The molecule has 0 amide bonds. The molecule has 156 valence electrons. The van der Waals surface area contributed by atoms with Crippen molar-refractivity contribution in [2.75, 3.05) is 20.0 Å². The maximum atomic E-state index is 12.4. The normalized spacial score (nSPS) is 28.9. The van der Waals surface area contributed by atoms with Crippen molar-refractivity contribution < 1.29 is 14.3 Å².